The SMILES string of the molecule is CN(C)CCN(C(=O)C1CCCNC1)c1ccccc1.Cl.Cl. The lowest BCUT2D eigenvalue weighted by atomic mass is 9.98. The van der Waals surface area contributed by atoms with Crippen LogP contribution in [0.4, 0.5) is 5.69 Å². The van der Waals surface area contributed by atoms with Crippen LogP contribution in [-0.4, -0.2) is 51.1 Å². The molecule has 4 nitrogen and oxygen atoms in total. The quantitative estimate of drug-likeness (QED) is 0.888. The van der Waals surface area contributed by atoms with Crippen molar-refractivity contribution in [2.75, 3.05) is 45.2 Å². The van der Waals surface area contributed by atoms with Crippen LogP contribution in [0.15, 0.2) is 30.3 Å². The highest BCUT2D eigenvalue weighted by Gasteiger charge is 2.26. The van der Waals surface area contributed by atoms with E-state index in [0.717, 1.165) is 44.7 Å². The molecule has 126 valence electrons. The van der Waals surface area contributed by atoms with Crippen molar-refractivity contribution in [3.05, 3.63) is 30.3 Å². The van der Waals surface area contributed by atoms with Gasteiger partial charge in [-0.05, 0) is 45.6 Å². The minimum atomic E-state index is 0. The number of hydrogen-bond acceptors (Lipinski definition) is 3. The van der Waals surface area contributed by atoms with Crippen molar-refractivity contribution >= 4 is 36.4 Å². The van der Waals surface area contributed by atoms with Gasteiger partial charge in [-0.15, -0.1) is 24.8 Å². The molecule has 1 N–H and O–H groups in total. The summed E-state index contributed by atoms with van der Waals surface area (Å²) in [6, 6.07) is 10.0. The molecule has 0 bridgehead atoms. The van der Waals surface area contributed by atoms with Crippen molar-refractivity contribution in [3.63, 3.8) is 0 Å². The largest absolute Gasteiger partial charge is 0.316 e. The van der Waals surface area contributed by atoms with E-state index < -0.39 is 0 Å². The molecule has 1 aromatic rings. The number of nitrogens with zero attached hydrogens (tertiary/aromatic N) is 2. The average Bonchev–Trinajstić information content (AvgIpc) is 2.49. The molecule has 1 aliphatic rings. The van der Waals surface area contributed by atoms with E-state index >= 15 is 0 Å². The fraction of sp³-hybridized carbons (Fsp3) is 0.562. The van der Waals surface area contributed by atoms with Gasteiger partial charge < -0.3 is 15.1 Å². The zero-order valence-electron chi connectivity index (χ0n) is 13.3. The van der Waals surface area contributed by atoms with Gasteiger partial charge in [0.25, 0.3) is 0 Å². The number of benzene rings is 1. The summed E-state index contributed by atoms with van der Waals surface area (Å²) in [5.74, 6) is 0.372. The van der Waals surface area contributed by atoms with E-state index in [1.807, 2.05) is 49.3 Å². The Morgan fingerprint density at radius 3 is 2.41 bits per heavy atom. The Bertz CT molecular complexity index is 423. The molecule has 1 saturated heterocycles. The molecule has 22 heavy (non-hydrogen) atoms. The summed E-state index contributed by atoms with van der Waals surface area (Å²) in [5.41, 5.74) is 1.00. The fourth-order valence-electron chi connectivity index (χ4n) is 2.56. The Morgan fingerprint density at radius 2 is 1.86 bits per heavy atom. The fourth-order valence-corrected chi connectivity index (χ4v) is 2.56. The molecular weight excluding hydrogens is 321 g/mol. The molecule has 0 radical (unpaired) electrons. The molecule has 1 atom stereocenters. The first-order chi connectivity index (χ1) is 9.68. The predicted molar refractivity (Wildman–Crippen MR) is 97.4 cm³/mol. The van der Waals surface area contributed by atoms with Crippen molar-refractivity contribution in [1.29, 1.82) is 0 Å². The van der Waals surface area contributed by atoms with Crippen LogP contribution in [0.5, 0.6) is 0 Å². The van der Waals surface area contributed by atoms with Gasteiger partial charge in [-0.25, -0.2) is 0 Å². The van der Waals surface area contributed by atoms with Gasteiger partial charge in [0.1, 0.15) is 0 Å². The smallest absolute Gasteiger partial charge is 0.231 e. The summed E-state index contributed by atoms with van der Waals surface area (Å²) in [6.07, 6.45) is 2.09. The number of rotatable bonds is 5. The minimum Gasteiger partial charge on any atom is -0.316 e. The van der Waals surface area contributed by atoms with Crippen LogP contribution < -0.4 is 10.2 Å². The number of hydrogen-bond donors (Lipinski definition) is 1. The first-order valence-corrected chi connectivity index (χ1v) is 7.40. The first kappa shape index (κ1) is 21.2. The van der Waals surface area contributed by atoms with Crippen molar-refractivity contribution < 1.29 is 4.79 Å². The van der Waals surface area contributed by atoms with E-state index in [4.69, 9.17) is 0 Å². The number of amides is 1. The Kier molecular flexibility index (Phi) is 10.4. The minimum absolute atomic E-state index is 0. The maximum atomic E-state index is 12.8. The standard InChI is InChI=1S/C16H25N3O.2ClH/c1-18(2)11-12-19(15-8-4-3-5-9-15)16(20)14-7-6-10-17-13-14;;/h3-5,8-9,14,17H,6-7,10-13H2,1-2H3;2*1H. The van der Waals surface area contributed by atoms with Crippen molar-refractivity contribution in [2.24, 2.45) is 5.92 Å². The van der Waals surface area contributed by atoms with Gasteiger partial charge in [-0.3, -0.25) is 4.79 Å². The third-order valence-electron chi connectivity index (χ3n) is 3.75. The molecule has 6 heteroatoms. The Hall–Kier alpha value is -0.810. The van der Waals surface area contributed by atoms with Crippen LogP contribution in [0.1, 0.15) is 12.8 Å². The molecule has 1 unspecified atom stereocenters. The molecule has 0 spiro atoms. The van der Waals surface area contributed by atoms with E-state index in [-0.39, 0.29) is 36.6 Å². The summed E-state index contributed by atoms with van der Waals surface area (Å²) in [7, 11) is 4.08. The van der Waals surface area contributed by atoms with Gasteiger partial charge >= 0.3 is 0 Å². The first-order valence-electron chi connectivity index (χ1n) is 7.40. The second-order valence-corrected chi connectivity index (χ2v) is 5.67. The van der Waals surface area contributed by atoms with E-state index in [1.54, 1.807) is 0 Å². The number of piperidine rings is 1. The number of carbonyl (C=O) groups excluding carboxylic acids is 1. The highest BCUT2D eigenvalue weighted by molar-refractivity contribution is 5.95. The number of nitrogens with one attached hydrogen (secondary N) is 1. The van der Waals surface area contributed by atoms with Gasteiger partial charge in [-0.2, -0.15) is 0 Å². The number of likely N-dealkylation sites (N-methyl/N-ethyl adjacent to an activating group) is 1. The summed E-state index contributed by atoms with van der Waals surface area (Å²) >= 11 is 0. The van der Waals surface area contributed by atoms with Crippen molar-refractivity contribution in [1.82, 2.24) is 10.2 Å². The summed E-state index contributed by atoms with van der Waals surface area (Å²) in [5, 5.41) is 3.33. The number of halogens is 2. The lowest BCUT2D eigenvalue weighted by molar-refractivity contribution is -0.122. The Labute approximate surface area is 146 Å². The van der Waals surface area contributed by atoms with E-state index in [0.29, 0.717) is 0 Å². The third kappa shape index (κ3) is 6.13. The lowest BCUT2D eigenvalue weighted by Gasteiger charge is -2.30. The molecular formula is C16H27Cl2N3O. The van der Waals surface area contributed by atoms with Crippen LogP contribution in [0.3, 0.4) is 0 Å². The topological polar surface area (TPSA) is 35.6 Å². The lowest BCUT2D eigenvalue weighted by Crippen LogP contribution is -2.45. The van der Waals surface area contributed by atoms with Gasteiger partial charge in [0.15, 0.2) is 0 Å². The predicted octanol–water partition coefficient (Wildman–Crippen LogP) is 2.42. The monoisotopic (exact) mass is 347 g/mol. The van der Waals surface area contributed by atoms with E-state index in [2.05, 4.69) is 10.2 Å². The summed E-state index contributed by atoms with van der Waals surface area (Å²) in [4.78, 5) is 16.8. The van der Waals surface area contributed by atoms with Crippen LogP contribution in [0.2, 0.25) is 0 Å². The van der Waals surface area contributed by atoms with Gasteiger partial charge in [-0.1, -0.05) is 18.2 Å². The van der Waals surface area contributed by atoms with Crippen molar-refractivity contribution in [3.8, 4) is 0 Å². The Morgan fingerprint density at radius 1 is 1.18 bits per heavy atom. The van der Waals surface area contributed by atoms with Crippen LogP contribution in [0, 0.1) is 5.92 Å². The van der Waals surface area contributed by atoms with E-state index in [1.165, 1.54) is 0 Å². The zero-order valence-corrected chi connectivity index (χ0v) is 15.0. The second kappa shape index (κ2) is 10.8. The Balaban J connectivity index is 0.00000220. The van der Waals surface area contributed by atoms with Crippen LogP contribution in [-0.2, 0) is 4.79 Å². The highest BCUT2D eigenvalue weighted by atomic mass is 35.5. The van der Waals surface area contributed by atoms with Crippen LogP contribution in [0.25, 0.3) is 0 Å². The molecule has 1 fully saturated rings. The molecule has 0 saturated carbocycles. The third-order valence-corrected chi connectivity index (χ3v) is 3.75. The average molecular weight is 348 g/mol. The molecule has 0 aliphatic carbocycles. The molecule has 1 heterocycles. The van der Waals surface area contributed by atoms with Crippen molar-refractivity contribution in [2.45, 2.75) is 12.8 Å². The summed E-state index contributed by atoms with van der Waals surface area (Å²) < 4.78 is 0. The van der Waals surface area contributed by atoms with Gasteiger partial charge in [0.05, 0.1) is 5.92 Å². The molecule has 1 aliphatic heterocycles. The molecule has 1 aromatic carbocycles. The van der Waals surface area contributed by atoms with Gasteiger partial charge in [0.2, 0.25) is 5.91 Å². The maximum absolute atomic E-state index is 12.8. The molecule has 0 aromatic heterocycles. The number of carbonyl (C=O) groups is 1. The number of anilines is 1. The molecule has 2 rings (SSSR count). The summed E-state index contributed by atoms with van der Waals surface area (Å²) in [6.45, 7) is 3.46. The van der Waals surface area contributed by atoms with E-state index in [9.17, 15) is 4.79 Å². The zero-order chi connectivity index (χ0) is 14.4. The highest BCUT2D eigenvalue weighted by Crippen LogP contribution is 2.19. The second-order valence-electron chi connectivity index (χ2n) is 5.67. The normalized spacial score (nSPS) is 17.3. The van der Waals surface area contributed by atoms with Gasteiger partial charge in [0, 0.05) is 25.3 Å². The maximum Gasteiger partial charge on any atom is 0.231 e. The number of para-hydroxylation sites is 1. The van der Waals surface area contributed by atoms with Crippen LogP contribution >= 0.6 is 24.8 Å². The molecule has 1 amide bonds.